The minimum Gasteiger partial charge on any atom is -0.458 e. The number of aryl methyl sites for hydroxylation is 6. The molecule has 14 nitrogen and oxygen atoms in total. The molecule has 0 fully saturated rings. The molecule has 0 aliphatic carbocycles. The zero-order valence-electron chi connectivity index (χ0n) is 73.0. The maximum atomic E-state index is 7.36. The molecule has 135 heavy (non-hydrogen) atoms. The standard InChI is InChI=1S/C69H43B2N3O6.C45H27B2Cl2NO4.CH4/c1-38-28-39(2)69(40(3)29-38)74-53-36-61-47(70-45-16-4-10-22-55(45)75-63-30-41(32-65(79-61)67(63)70)72-49-18-6-12-24-57(49)77-58-25-13-7-19-50(58)72)34-43(53)44-35-48-62(37-54(44)74)80-66-33-42(31-64-68(66)71(48)46-17-5-11-23-56(46)76-64)73-51-20-8-14-26-59(51)78-60-27-15-9-21-52(60)73;1-22-12-23(2)45(24(3)13-22)50-33-20-37-31(46-29-8-4-6-10-35(29)51-39-14-25(48)16-41(53-37)43(39)46)18-27(33)28-19-32-38(21-34(28)50)54-42-17-26(49)15-40-44(42)47(32)30-9-5-7-11-36(30)52-40;/h4-37H,1-3H3;4-21H,1-3H3;1H4. The van der Waals surface area contributed by atoms with Crippen LogP contribution in [-0.2, 0) is 0 Å². The molecule has 0 radical (unpaired) electrons. The molecule has 0 unspecified atom stereocenters. The lowest BCUT2D eigenvalue weighted by Crippen LogP contribution is -2.57. The Morgan fingerprint density at radius 1 is 0.207 bits per heavy atom. The smallest absolute Gasteiger partial charge is 0.260 e. The van der Waals surface area contributed by atoms with Gasteiger partial charge >= 0.3 is 0 Å². The second-order valence-corrected chi connectivity index (χ2v) is 37.5. The number of aromatic nitrogens is 2. The van der Waals surface area contributed by atoms with Gasteiger partial charge < -0.3 is 66.3 Å². The van der Waals surface area contributed by atoms with Crippen LogP contribution in [-0.4, -0.2) is 36.0 Å². The highest BCUT2D eigenvalue weighted by Gasteiger charge is 2.48. The fourth-order valence-electron chi connectivity index (χ4n) is 23.5. The van der Waals surface area contributed by atoms with Gasteiger partial charge in [0.05, 0.1) is 67.6 Å². The largest absolute Gasteiger partial charge is 0.458 e. The number of para-hydroxylation sites is 12. The van der Waals surface area contributed by atoms with E-state index >= 15 is 0 Å². The van der Waals surface area contributed by atoms with E-state index in [9.17, 15) is 0 Å². The van der Waals surface area contributed by atoms with Gasteiger partial charge in [-0.15, -0.1) is 0 Å². The Morgan fingerprint density at radius 3 is 0.667 bits per heavy atom. The highest BCUT2D eigenvalue weighted by atomic mass is 35.5. The van der Waals surface area contributed by atoms with Crippen molar-refractivity contribution < 1.29 is 47.4 Å². The Balaban J connectivity index is 0.000000143. The molecule has 2 aromatic heterocycles. The van der Waals surface area contributed by atoms with E-state index in [4.69, 9.17) is 70.6 Å². The third-order valence-electron chi connectivity index (χ3n) is 28.5. The number of nitrogens with zero attached hydrogens (tertiary/aromatic N) is 4. The molecule has 0 N–H and O–H groups in total. The lowest BCUT2D eigenvalue weighted by molar-refractivity contribution is 0.463. The summed E-state index contributed by atoms with van der Waals surface area (Å²) in [6.07, 6.45) is 0. The number of benzene rings is 18. The minimum absolute atomic E-state index is 0. The van der Waals surface area contributed by atoms with Crippen LogP contribution in [0.5, 0.6) is 115 Å². The Morgan fingerprint density at radius 2 is 0.415 bits per heavy atom. The molecular weight excluding hydrogens is 1710 g/mol. The molecule has 10 aliphatic rings. The second-order valence-electron chi connectivity index (χ2n) is 36.6. The van der Waals surface area contributed by atoms with Crippen LogP contribution in [0.15, 0.2) is 315 Å². The SMILES string of the molecule is C.Cc1cc(C)c(-n2c3cc4c(cc3c3cc5c(cc32)Oc2cc(Cl)cc3c2B5c2ccccc2O3)B2c3ccccc3Oc3cc(Cl)cc(c32)O4)c(C)c1.Cc1cc(C)c(-n2c3cc4c(cc3c3cc5c(cc32)Oc2cc(N3c6ccccc6Oc6ccccc63)cc3c2B5c2ccccc2O3)B2c3ccccc3Oc3cc(N5c6ccccc6Oc6ccccc65)cc(c32)O4)c(C)c1. The van der Waals surface area contributed by atoms with Gasteiger partial charge in [0.15, 0.2) is 23.0 Å². The van der Waals surface area contributed by atoms with E-state index in [1.54, 1.807) is 0 Å². The summed E-state index contributed by atoms with van der Waals surface area (Å²) < 4.78 is 72.9. The number of fused-ring (bicyclic) bond motifs is 26. The van der Waals surface area contributed by atoms with Gasteiger partial charge in [0.25, 0.3) is 26.9 Å². The van der Waals surface area contributed by atoms with Crippen molar-refractivity contribution in [3.63, 3.8) is 0 Å². The number of rotatable bonds is 4. The molecule has 0 saturated heterocycles. The van der Waals surface area contributed by atoms with E-state index in [0.29, 0.717) is 21.5 Å². The van der Waals surface area contributed by atoms with Crippen molar-refractivity contribution in [1.82, 2.24) is 9.13 Å². The van der Waals surface area contributed by atoms with Gasteiger partial charge in [0, 0.05) is 102 Å². The summed E-state index contributed by atoms with van der Waals surface area (Å²) in [6.45, 7) is 12.6. The summed E-state index contributed by atoms with van der Waals surface area (Å²) in [5.41, 5.74) is 31.8. The average molecular weight is 1790 g/mol. The molecule has 0 atom stereocenters. The first-order valence-electron chi connectivity index (χ1n) is 45.3. The fourth-order valence-corrected chi connectivity index (χ4v) is 23.8. The quantitative estimate of drug-likeness (QED) is 0.157. The van der Waals surface area contributed by atoms with Crippen LogP contribution in [0.1, 0.15) is 40.8 Å². The van der Waals surface area contributed by atoms with Crippen LogP contribution < -0.4 is 123 Å². The lowest BCUT2D eigenvalue weighted by atomic mass is 9.34. The van der Waals surface area contributed by atoms with Crippen molar-refractivity contribution in [2.45, 2.75) is 49.0 Å². The Kier molecular flexibility index (Phi) is 16.4. The third-order valence-corrected chi connectivity index (χ3v) is 29.0. The summed E-state index contributed by atoms with van der Waals surface area (Å²) in [6, 6.07) is 110. The van der Waals surface area contributed by atoms with Crippen LogP contribution in [0.3, 0.4) is 0 Å². The van der Waals surface area contributed by atoms with E-state index in [1.165, 1.54) is 33.4 Å². The van der Waals surface area contributed by atoms with Crippen LogP contribution >= 0.6 is 23.2 Å². The zero-order valence-corrected chi connectivity index (χ0v) is 74.5. The highest BCUT2D eigenvalue weighted by Crippen LogP contribution is 2.56. The molecule has 0 amide bonds. The van der Waals surface area contributed by atoms with Gasteiger partial charge in [-0.3, -0.25) is 0 Å². The molecule has 0 bridgehead atoms. The van der Waals surface area contributed by atoms with E-state index in [0.717, 1.165) is 258 Å². The molecule has 10 aliphatic heterocycles. The molecule has 12 heterocycles. The van der Waals surface area contributed by atoms with Crippen LogP contribution in [0.4, 0.5) is 34.1 Å². The molecule has 18 aromatic carbocycles. The van der Waals surface area contributed by atoms with Gasteiger partial charge in [-0.2, -0.15) is 0 Å². The fraction of sp³-hybridized carbons (Fsp3) is 0.0609. The van der Waals surface area contributed by atoms with Crippen molar-refractivity contribution in [3.05, 3.63) is 359 Å². The number of anilines is 6. The van der Waals surface area contributed by atoms with Crippen LogP contribution in [0.2, 0.25) is 10.0 Å². The molecule has 20 heteroatoms. The maximum absolute atomic E-state index is 7.36. The summed E-state index contributed by atoms with van der Waals surface area (Å²) in [5.74, 6) is 15.4. The number of halogens is 2. The van der Waals surface area contributed by atoms with Gasteiger partial charge in [-0.05, 0) is 205 Å². The van der Waals surface area contributed by atoms with Gasteiger partial charge in [-0.1, -0.05) is 212 Å². The third kappa shape index (κ3) is 11.2. The number of ether oxygens (including phenoxy) is 10. The maximum Gasteiger partial charge on any atom is 0.260 e. The molecule has 640 valence electrons. The predicted octanol–water partition coefficient (Wildman–Crippen LogP) is 23.4. The lowest BCUT2D eigenvalue weighted by Gasteiger charge is -2.36. The first-order chi connectivity index (χ1) is 65.6. The molecule has 20 aromatic rings. The Bertz CT molecular complexity index is 8230. The van der Waals surface area contributed by atoms with E-state index in [-0.39, 0.29) is 34.3 Å². The molecule has 0 spiro atoms. The Labute approximate surface area is 788 Å². The van der Waals surface area contributed by atoms with E-state index in [1.807, 2.05) is 121 Å². The normalized spacial score (nSPS) is 13.8. The van der Waals surface area contributed by atoms with Gasteiger partial charge in [-0.25, -0.2) is 0 Å². The Hall–Kier alpha value is -16.0. The van der Waals surface area contributed by atoms with Gasteiger partial charge in [0.1, 0.15) is 92.0 Å². The van der Waals surface area contributed by atoms with Crippen molar-refractivity contribution in [1.29, 1.82) is 0 Å². The monoisotopic (exact) mass is 1780 g/mol. The van der Waals surface area contributed by atoms with Crippen LogP contribution in [0.25, 0.3) is 55.0 Å². The summed E-state index contributed by atoms with van der Waals surface area (Å²) in [4.78, 5) is 4.49. The number of hydrogen-bond acceptors (Lipinski definition) is 12. The summed E-state index contributed by atoms with van der Waals surface area (Å²) in [5, 5.41) is 5.61. The van der Waals surface area contributed by atoms with Crippen molar-refractivity contribution in [3.8, 4) is 126 Å². The summed E-state index contributed by atoms with van der Waals surface area (Å²) >= 11 is 13.3. The summed E-state index contributed by atoms with van der Waals surface area (Å²) in [7, 11) is 0. The van der Waals surface area contributed by atoms with E-state index < -0.39 is 0 Å². The molecule has 0 saturated carbocycles. The average Bonchev–Trinajstić information content (AvgIpc) is 1.59. The predicted molar refractivity (Wildman–Crippen MR) is 547 cm³/mol. The van der Waals surface area contributed by atoms with Gasteiger partial charge in [0.2, 0.25) is 0 Å². The zero-order chi connectivity index (χ0) is 88.8. The first kappa shape index (κ1) is 77.7. The van der Waals surface area contributed by atoms with Crippen LogP contribution in [0, 0.1) is 41.5 Å². The topological polar surface area (TPSA) is 109 Å². The second kappa shape index (κ2) is 28.5. The highest BCUT2D eigenvalue weighted by molar-refractivity contribution is 7.00. The van der Waals surface area contributed by atoms with Crippen molar-refractivity contribution >= 4 is 193 Å². The van der Waals surface area contributed by atoms with Crippen molar-refractivity contribution in [2.75, 3.05) is 9.80 Å². The first-order valence-corrected chi connectivity index (χ1v) is 46.0. The minimum atomic E-state index is -0.185. The van der Waals surface area contributed by atoms with Crippen molar-refractivity contribution in [2.24, 2.45) is 0 Å². The van der Waals surface area contributed by atoms with E-state index in [2.05, 4.69) is 255 Å². The number of hydrogen-bond donors (Lipinski definition) is 0. The molecule has 30 rings (SSSR count). The molecular formula is C115H74B4Cl2N4O10.